The summed E-state index contributed by atoms with van der Waals surface area (Å²) in [4.78, 5) is -2.92. The van der Waals surface area contributed by atoms with E-state index in [1.807, 2.05) is 0 Å². The largest absolute Gasteiger partial charge is 1.00 e. The van der Waals surface area contributed by atoms with Crippen molar-refractivity contribution in [3.63, 3.8) is 0 Å². The van der Waals surface area contributed by atoms with Crippen LogP contribution in [0.4, 0.5) is 5.69 Å². The molecule has 2 rings (SSSR count). The molecule has 0 amide bonds. The first-order valence-corrected chi connectivity index (χ1v) is 9.73. The molecule has 11 nitrogen and oxygen atoms in total. The first kappa shape index (κ1) is 28.4. The maximum absolute atomic E-state index is 11.3. The predicted octanol–water partition coefficient (Wildman–Crippen LogP) is -7.34. The fourth-order valence-corrected chi connectivity index (χ4v) is 3.86. The molecule has 0 aliphatic carbocycles. The van der Waals surface area contributed by atoms with E-state index in [4.69, 9.17) is 10.3 Å². The maximum Gasteiger partial charge on any atom is 1.00 e. The molecule has 26 heavy (non-hydrogen) atoms. The second kappa shape index (κ2) is 9.13. The van der Waals surface area contributed by atoms with Crippen LogP contribution in [0.15, 0.2) is 39.0 Å². The van der Waals surface area contributed by atoms with Crippen LogP contribution in [0.2, 0.25) is 0 Å². The monoisotopic (exact) mass is 445 g/mol. The molecule has 16 heteroatoms. The van der Waals surface area contributed by atoms with Gasteiger partial charge in [0.25, 0.3) is 10.1 Å². The van der Waals surface area contributed by atoms with Crippen molar-refractivity contribution in [1.29, 1.82) is 0 Å². The summed E-state index contributed by atoms with van der Waals surface area (Å²) in [5.41, 5.74) is 4.99. The van der Waals surface area contributed by atoms with Gasteiger partial charge < -0.3 is 20.3 Å². The molecule has 0 aliphatic heterocycles. The summed E-state index contributed by atoms with van der Waals surface area (Å²) in [5, 5.41) is -0.885. The third-order valence-corrected chi connectivity index (χ3v) is 5.35. The van der Waals surface area contributed by atoms with Crippen molar-refractivity contribution in [2.45, 2.75) is 14.7 Å². The number of anilines is 1. The summed E-state index contributed by atoms with van der Waals surface area (Å²) in [5.74, 6) is 0. The molecule has 2 aromatic rings. The molecule has 2 aromatic carbocycles. The topological polar surface area (TPSA) is 226 Å². The van der Waals surface area contributed by atoms with Gasteiger partial charge in [-0.15, -0.1) is 0 Å². The number of hydrogen-bond donors (Lipinski definition) is 2. The van der Waals surface area contributed by atoms with E-state index in [2.05, 4.69) is 0 Å². The van der Waals surface area contributed by atoms with E-state index in [-0.39, 0.29) is 64.6 Å². The summed E-state index contributed by atoms with van der Waals surface area (Å²) in [6.45, 7) is 0. The van der Waals surface area contributed by atoms with E-state index < -0.39 is 61.5 Å². The van der Waals surface area contributed by atoms with Gasteiger partial charge in [0.2, 0.25) is 0 Å². The van der Waals surface area contributed by atoms with Gasteiger partial charge in [-0.25, -0.2) is 16.8 Å². The number of fused-ring (bicyclic) bond motifs is 1. The van der Waals surface area contributed by atoms with E-state index in [1.165, 1.54) is 0 Å². The van der Waals surface area contributed by atoms with E-state index in [1.54, 1.807) is 0 Å². The van der Waals surface area contributed by atoms with Gasteiger partial charge in [-0.2, -0.15) is 8.42 Å². The van der Waals surface area contributed by atoms with Crippen molar-refractivity contribution in [3.8, 4) is 0 Å². The number of rotatable bonds is 3. The molecule has 5 N–H and O–H groups in total. The van der Waals surface area contributed by atoms with E-state index in [0.29, 0.717) is 24.3 Å². The molecule has 0 heterocycles. The van der Waals surface area contributed by atoms with Gasteiger partial charge in [-0.1, -0.05) is 0 Å². The summed E-state index contributed by atoms with van der Waals surface area (Å²) in [7, 11) is -15.1. The third kappa shape index (κ3) is 6.10. The van der Waals surface area contributed by atoms with Crippen LogP contribution >= 0.6 is 0 Å². The van der Waals surface area contributed by atoms with Crippen LogP contribution in [-0.4, -0.2) is 44.4 Å². The van der Waals surface area contributed by atoms with Gasteiger partial charge in [0.15, 0.2) is 0 Å². The summed E-state index contributed by atoms with van der Waals surface area (Å²) in [6.07, 6.45) is 0. The second-order valence-electron chi connectivity index (χ2n) is 4.42. The Hall–Kier alpha value is 0.190. The summed E-state index contributed by atoms with van der Waals surface area (Å²) < 4.78 is 98.3. The van der Waals surface area contributed by atoms with Crippen LogP contribution in [-0.2, 0) is 30.4 Å². The smallest absolute Gasteiger partial charge is 0.744 e. The molecule has 0 unspecified atom stereocenters. The average molecular weight is 445 g/mol. The Morgan fingerprint density at radius 3 is 1.65 bits per heavy atom. The van der Waals surface area contributed by atoms with Crippen molar-refractivity contribution in [2.24, 2.45) is 0 Å². The maximum atomic E-state index is 11.3. The van der Waals surface area contributed by atoms with Gasteiger partial charge in [0.05, 0.1) is 14.7 Å². The van der Waals surface area contributed by atoms with Crippen molar-refractivity contribution in [2.75, 3.05) is 5.73 Å². The van der Waals surface area contributed by atoms with Crippen molar-refractivity contribution in [3.05, 3.63) is 24.3 Å². The van der Waals surface area contributed by atoms with Crippen LogP contribution in [0.5, 0.6) is 0 Å². The standard InChI is InChI=1S/C10H9NO9S3.2Na.H2O/c11-8-3-6(21(12,13)14)1-5-2-7(22(15,16)17)4-9(10(5)8)23(18,19)20;;;/h1-4H,11H2,(H,12,13,14)(H,15,16,17)(H,18,19,20);;;1H2/q;2*+1;/p-2. The first-order valence-electron chi connectivity index (χ1n) is 5.48. The van der Waals surface area contributed by atoms with Gasteiger partial charge in [0, 0.05) is 11.1 Å². The van der Waals surface area contributed by atoms with Crippen molar-refractivity contribution < 1.29 is 104 Å². The van der Waals surface area contributed by atoms with Gasteiger partial charge >= 0.3 is 59.1 Å². The fraction of sp³-hybridized carbons (Fsp3) is 0. The Bertz CT molecular complexity index is 1140. The Kier molecular flexibility index (Phi) is 9.97. The molecular formula is C10H9NNa2O10S3. The number of nitrogen functional groups attached to an aromatic ring is 1. The number of hydrogen-bond acceptors (Lipinski definition) is 9. The SMILES string of the molecule is Nc1cc(S(=O)(=O)O)cc2cc(S(=O)(=O)[O-])cc(S(=O)(=O)[O-])c12.O.[Na+].[Na+]. The van der Waals surface area contributed by atoms with E-state index in [0.717, 1.165) is 0 Å². The van der Waals surface area contributed by atoms with Crippen LogP contribution < -0.4 is 64.8 Å². The molecule has 0 saturated carbocycles. The van der Waals surface area contributed by atoms with Crippen molar-refractivity contribution >= 4 is 46.8 Å². The molecule has 0 saturated heterocycles. The minimum absolute atomic E-state index is 0. The first-order chi connectivity index (χ1) is 10.2. The molecule has 0 atom stereocenters. The Morgan fingerprint density at radius 2 is 1.27 bits per heavy atom. The van der Waals surface area contributed by atoms with Gasteiger partial charge in [-0.3, -0.25) is 4.55 Å². The van der Waals surface area contributed by atoms with Gasteiger partial charge in [-0.05, 0) is 29.7 Å². The Balaban J connectivity index is 0. The minimum Gasteiger partial charge on any atom is -0.744 e. The third-order valence-electron chi connectivity index (χ3n) is 2.85. The molecule has 134 valence electrons. The summed E-state index contributed by atoms with van der Waals surface area (Å²) >= 11 is 0. The molecule has 0 bridgehead atoms. The zero-order chi connectivity index (χ0) is 17.8. The van der Waals surface area contributed by atoms with E-state index >= 15 is 0 Å². The Morgan fingerprint density at radius 1 is 0.808 bits per heavy atom. The van der Waals surface area contributed by atoms with Crippen LogP contribution in [0, 0.1) is 0 Å². The predicted molar refractivity (Wildman–Crippen MR) is 77.7 cm³/mol. The second-order valence-corrected chi connectivity index (χ2v) is 8.56. The summed E-state index contributed by atoms with van der Waals surface area (Å²) in [6, 6.07) is 2.37. The number of benzene rings is 2. The fourth-order valence-electron chi connectivity index (χ4n) is 1.94. The molecule has 0 fully saturated rings. The van der Waals surface area contributed by atoms with Crippen LogP contribution in [0.3, 0.4) is 0 Å². The molecule has 0 aromatic heterocycles. The van der Waals surface area contributed by atoms with Gasteiger partial charge in [0.1, 0.15) is 20.2 Å². The zero-order valence-electron chi connectivity index (χ0n) is 13.3. The van der Waals surface area contributed by atoms with Crippen LogP contribution in [0.25, 0.3) is 10.8 Å². The quantitative estimate of drug-likeness (QED) is 0.258. The molecule has 0 radical (unpaired) electrons. The van der Waals surface area contributed by atoms with Crippen molar-refractivity contribution in [1.82, 2.24) is 0 Å². The number of nitrogens with two attached hydrogens (primary N) is 1. The molecule has 0 spiro atoms. The average Bonchev–Trinajstić information content (AvgIpc) is 2.33. The molecular weight excluding hydrogens is 436 g/mol. The molecule has 0 aliphatic rings. The minimum atomic E-state index is -5.23. The van der Waals surface area contributed by atoms with E-state index in [9.17, 15) is 34.4 Å². The van der Waals surface area contributed by atoms with Crippen LogP contribution in [0.1, 0.15) is 0 Å². The normalized spacial score (nSPS) is 11.8. The Labute approximate surface area is 193 Å². The zero-order valence-corrected chi connectivity index (χ0v) is 19.8.